The van der Waals surface area contributed by atoms with Gasteiger partial charge >= 0.3 is 0 Å². The maximum absolute atomic E-state index is 13.4. The minimum Gasteiger partial charge on any atom is -0.329 e. The molecule has 0 saturated carbocycles. The zero-order valence-electron chi connectivity index (χ0n) is 16.0. The van der Waals surface area contributed by atoms with Gasteiger partial charge in [-0.3, -0.25) is 4.79 Å². The van der Waals surface area contributed by atoms with Crippen LogP contribution in [0.4, 0.5) is 0 Å². The Kier molecular flexibility index (Phi) is 4.48. The zero-order valence-corrected chi connectivity index (χ0v) is 16.8. The summed E-state index contributed by atoms with van der Waals surface area (Å²) in [6.45, 7) is 2.77. The van der Waals surface area contributed by atoms with Crippen LogP contribution in [0.15, 0.2) is 72.1 Å². The first-order valence-corrected chi connectivity index (χ1v) is 10.6. The summed E-state index contributed by atoms with van der Waals surface area (Å²) in [7, 11) is 0. The first-order valence-electron chi connectivity index (χ1n) is 9.67. The Balaban J connectivity index is 1.56. The van der Waals surface area contributed by atoms with Gasteiger partial charge in [-0.15, -0.1) is 16.4 Å². The van der Waals surface area contributed by atoms with E-state index in [9.17, 15) is 4.79 Å². The molecule has 5 nitrogen and oxygen atoms in total. The molecule has 1 atom stereocenters. The van der Waals surface area contributed by atoms with Gasteiger partial charge in [-0.2, -0.15) is 0 Å². The number of carbonyl (C=O) groups excluding carboxylic acids is 1. The largest absolute Gasteiger partial charge is 0.329 e. The molecule has 0 spiro atoms. The molecule has 0 aliphatic carbocycles. The molecule has 29 heavy (non-hydrogen) atoms. The molecule has 1 aliphatic rings. The number of nitrogens with zero attached hydrogens (tertiary/aromatic N) is 4. The molecule has 5 rings (SSSR count). The number of hydrogen-bond acceptors (Lipinski definition) is 4. The Morgan fingerprint density at radius 3 is 2.52 bits per heavy atom. The van der Waals surface area contributed by atoms with E-state index in [1.165, 1.54) is 10.4 Å². The van der Waals surface area contributed by atoms with Gasteiger partial charge < -0.3 is 4.90 Å². The third-order valence-corrected chi connectivity index (χ3v) is 6.37. The fourth-order valence-electron chi connectivity index (χ4n) is 3.84. The van der Waals surface area contributed by atoms with E-state index in [-0.39, 0.29) is 17.8 Å². The van der Waals surface area contributed by atoms with Crippen molar-refractivity contribution in [1.29, 1.82) is 0 Å². The highest BCUT2D eigenvalue weighted by Gasteiger charge is 2.31. The van der Waals surface area contributed by atoms with Crippen LogP contribution in [0.25, 0.3) is 17.1 Å². The Morgan fingerprint density at radius 2 is 1.76 bits per heavy atom. The summed E-state index contributed by atoms with van der Waals surface area (Å²) < 4.78 is 1.76. The van der Waals surface area contributed by atoms with Crippen LogP contribution in [0.3, 0.4) is 0 Å². The summed E-state index contributed by atoms with van der Waals surface area (Å²) in [5.74, 6) is 0.778. The van der Waals surface area contributed by atoms with Crippen molar-refractivity contribution in [2.45, 2.75) is 19.4 Å². The van der Waals surface area contributed by atoms with E-state index in [0.717, 1.165) is 17.7 Å². The highest BCUT2D eigenvalue weighted by molar-refractivity contribution is 7.10. The van der Waals surface area contributed by atoms with Gasteiger partial charge in [-0.25, -0.2) is 9.67 Å². The van der Waals surface area contributed by atoms with Crippen LogP contribution in [0, 0.1) is 0 Å². The number of carbonyl (C=O) groups is 1. The van der Waals surface area contributed by atoms with E-state index in [4.69, 9.17) is 0 Å². The average molecular weight is 401 g/mol. The second-order valence-corrected chi connectivity index (χ2v) is 8.10. The molecule has 1 amide bonds. The molecule has 2 aromatic carbocycles. The lowest BCUT2D eigenvalue weighted by atomic mass is 10.0. The number of amides is 1. The molecule has 0 N–H and O–H groups in total. The van der Waals surface area contributed by atoms with E-state index >= 15 is 0 Å². The number of thiophene rings is 1. The minimum absolute atomic E-state index is 0.0290. The Bertz CT molecular complexity index is 1090. The van der Waals surface area contributed by atoms with Crippen LogP contribution in [0.2, 0.25) is 0 Å². The second kappa shape index (κ2) is 7.29. The van der Waals surface area contributed by atoms with Gasteiger partial charge in [0.15, 0.2) is 5.82 Å². The van der Waals surface area contributed by atoms with Gasteiger partial charge in [0.25, 0.3) is 5.91 Å². The molecule has 1 aliphatic heterocycles. The smallest absolute Gasteiger partial charge is 0.294 e. The molecular formula is C23H20N4OS. The summed E-state index contributed by atoms with van der Waals surface area (Å²) in [5.41, 5.74) is 3.04. The Morgan fingerprint density at radius 1 is 1.03 bits per heavy atom. The maximum Gasteiger partial charge on any atom is 0.294 e. The molecule has 0 fully saturated rings. The van der Waals surface area contributed by atoms with Crippen LogP contribution >= 0.6 is 11.3 Å². The van der Waals surface area contributed by atoms with E-state index in [2.05, 4.69) is 28.5 Å². The van der Waals surface area contributed by atoms with Crippen molar-refractivity contribution in [1.82, 2.24) is 19.7 Å². The van der Waals surface area contributed by atoms with Crippen LogP contribution in [0.5, 0.6) is 0 Å². The Labute approximate surface area is 173 Å². The van der Waals surface area contributed by atoms with Gasteiger partial charge in [0.1, 0.15) is 0 Å². The quantitative estimate of drug-likeness (QED) is 0.498. The standard InChI is InChI=1S/C23H20N4OS/c1-16-19-13-15-29-20(19)12-14-26(16)23(28)21-24-22(17-8-4-2-5-9-17)27(25-21)18-10-6-3-7-11-18/h2-11,13,15-16H,12,14H2,1H3/t16-/m1/s1. The lowest BCUT2D eigenvalue weighted by Gasteiger charge is -2.32. The van der Waals surface area contributed by atoms with E-state index in [0.29, 0.717) is 12.4 Å². The monoisotopic (exact) mass is 400 g/mol. The molecule has 0 unspecified atom stereocenters. The maximum atomic E-state index is 13.4. The van der Waals surface area contributed by atoms with Crippen molar-refractivity contribution in [2.24, 2.45) is 0 Å². The van der Waals surface area contributed by atoms with E-state index < -0.39 is 0 Å². The van der Waals surface area contributed by atoms with Crippen LogP contribution in [-0.4, -0.2) is 32.1 Å². The fraction of sp³-hybridized carbons (Fsp3) is 0.174. The molecule has 0 bridgehead atoms. The summed E-state index contributed by atoms with van der Waals surface area (Å²) in [6.07, 6.45) is 0.883. The van der Waals surface area contributed by atoms with Crippen molar-refractivity contribution < 1.29 is 4.79 Å². The van der Waals surface area contributed by atoms with Crippen LogP contribution < -0.4 is 0 Å². The topological polar surface area (TPSA) is 51.0 Å². The summed E-state index contributed by atoms with van der Waals surface area (Å²) >= 11 is 1.77. The lowest BCUT2D eigenvalue weighted by molar-refractivity contribution is 0.0667. The van der Waals surface area contributed by atoms with Crippen molar-refractivity contribution in [3.05, 3.63) is 88.4 Å². The summed E-state index contributed by atoms with van der Waals surface area (Å²) in [4.78, 5) is 21.3. The van der Waals surface area contributed by atoms with Crippen LogP contribution in [-0.2, 0) is 6.42 Å². The highest BCUT2D eigenvalue weighted by atomic mass is 32.1. The minimum atomic E-state index is -0.124. The number of para-hydroxylation sites is 1. The van der Waals surface area contributed by atoms with Gasteiger partial charge in [0.05, 0.1) is 11.7 Å². The first-order chi connectivity index (χ1) is 14.2. The highest BCUT2D eigenvalue weighted by Crippen LogP contribution is 2.33. The normalized spacial score (nSPS) is 15.9. The summed E-state index contributed by atoms with van der Waals surface area (Å²) in [6, 6.07) is 21.8. The number of aromatic nitrogens is 3. The number of hydrogen-bond donors (Lipinski definition) is 0. The molecule has 0 radical (unpaired) electrons. The molecule has 144 valence electrons. The molecule has 0 saturated heterocycles. The number of benzene rings is 2. The molecule has 4 aromatic rings. The predicted molar refractivity (Wildman–Crippen MR) is 114 cm³/mol. The predicted octanol–water partition coefficient (Wildman–Crippen LogP) is 4.76. The van der Waals surface area contributed by atoms with Gasteiger partial charge in [-0.05, 0) is 42.5 Å². The lowest BCUT2D eigenvalue weighted by Crippen LogP contribution is -2.38. The van der Waals surface area contributed by atoms with Crippen molar-refractivity contribution in [3.63, 3.8) is 0 Å². The summed E-state index contributed by atoms with van der Waals surface area (Å²) in [5, 5.41) is 6.73. The third-order valence-electron chi connectivity index (χ3n) is 5.37. The molecular weight excluding hydrogens is 380 g/mol. The van der Waals surface area contributed by atoms with Gasteiger partial charge in [0, 0.05) is 17.0 Å². The third kappa shape index (κ3) is 3.15. The average Bonchev–Trinajstić information content (AvgIpc) is 3.43. The molecule has 2 aromatic heterocycles. The Hall–Kier alpha value is -3.25. The zero-order chi connectivity index (χ0) is 19.8. The van der Waals surface area contributed by atoms with Gasteiger partial charge in [-0.1, -0.05) is 48.5 Å². The van der Waals surface area contributed by atoms with Crippen LogP contribution in [0.1, 0.15) is 34.0 Å². The molecule has 3 heterocycles. The van der Waals surface area contributed by atoms with Crippen molar-refractivity contribution >= 4 is 17.2 Å². The fourth-order valence-corrected chi connectivity index (χ4v) is 4.80. The van der Waals surface area contributed by atoms with Crippen molar-refractivity contribution in [3.8, 4) is 17.1 Å². The second-order valence-electron chi connectivity index (χ2n) is 7.10. The van der Waals surface area contributed by atoms with E-state index in [1.54, 1.807) is 16.0 Å². The SMILES string of the molecule is C[C@@H]1c2ccsc2CCN1C(=O)c1nc(-c2ccccc2)n(-c2ccccc2)n1. The molecule has 6 heteroatoms. The number of rotatable bonds is 3. The first kappa shape index (κ1) is 17.8. The van der Waals surface area contributed by atoms with Crippen molar-refractivity contribution in [2.75, 3.05) is 6.54 Å². The van der Waals surface area contributed by atoms with Gasteiger partial charge in [0.2, 0.25) is 5.82 Å². The number of fused-ring (bicyclic) bond motifs is 1. The van der Waals surface area contributed by atoms with E-state index in [1.807, 2.05) is 65.6 Å².